The number of carbonyl (C=O) groups is 3. The first-order valence-corrected chi connectivity index (χ1v) is 12.0. The van der Waals surface area contributed by atoms with Crippen LogP contribution in [0.1, 0.15) is 86.0 Å². The first-order chi connectivity index (χ1) is 14.0. The minimum atomic E-state index is -0.291. The smallest absolute Gasteiger partial charge is 0.305 e. The van der Waals surface area contributed by atoms with Crippen molar-refractivity contribution in [3.05, 3.63) is 11.6 Å². The second kappa shape index (κ2) is 7.31. The van der Waals surface area contributed by atoms with Crippen molar-refractivity contribution in [2.45, 2.75) is 86.0 Å². The van der Waals surface area contributed by atoms with E-state index in [0.717, 1.165) is 44.9 Å². The molecule has 6 atom stereocenters. The molecule has 3 fully saturated rings. The summed E-state index contributed by atoms with van der Waals surface area (Å²) in [4.78, 5) is 37.1. The zero-order valence-electron chi connectivity index (χ0n) is 19.4. The van der Waals surface area contributed by atoms with Crippen LogP contribution < -0.4 is 0 Å². The van der Waals surface area contributed by atoms with Crippen LogP contribution in [0.5, 0.6) is 0 Å². The number of esters is 1. The fourth-order valence-electron chi connectivity index (χ4n) is 8.05. The van der Waals surface area contributed by atoms with Crippen molar-refractivity contribution in [1.29, 1.82) is 0 Å². The first kappa shape index (κ1) is 21.8. The molecule has 0 aliphatic heterocycles. The Balaban J connectivity index is 1.55. The molecule has 0 amide bonds. The van der Waals surface area contributed by atoms with Crippen molar-refractivity contribution in [1.82, 2.24) is 0 Å². The molecule has 0 unspecified atom stereocenters. The molecule has 4 heteroatoms. The van der Waals surface area contributed by atoms with Gasteiger partial charge in [-0.1, -0.05) is 40.2 Å². The summed E-state index contributed by atoms with van der Waals surface area (Å²) in [6.07, 6.45) is 9.65. The van der Waals surface area contributed by atoms with Crippen LogP contribution in [0.3, 0.4) is 0 Å². The number of fused-ring (bicyclic) bond motifs is 5. The van der Waals surface area contributed by atoms with Crippen molar-refractivity contribution in [3.63, 3.8) is 0 Å². The number of carbonyl (C=O) groups excluding carboxylic acids is 3. The van der Waals surface area contributed by atoms with E-state index < -0.39 is 0 Å². The minimum absolute atomic E-state index is 0.0159. The highest BCUT2D eigenvalue weighted by atomic mass is 16.5. The Morgan fingerprint density at radius 2 is 1.80 bits per heavy atom. The third kappa shape index (κ3) is 3.20. The minimum Gasteiger partial charge on any atom is -0.458 e. The number of hydrogen-bond acceptors (Lipinski definition) is 4. The molecule has 4 rings (SSSR count). The lowest BCUT2D eigenvalue weighted by Crippen LogP contribution is -2.53. The predicted molar refractivity (Wildman–Crippen MR) is 116 cm³/mol. The molecule has 0 radical (unpaired) electrons. The van der Waals surface area contributed by atoms with Gasteiger partial charge in [0.15, 0.2) is 11.6 Å². The van der Waals surface area contributed by atoms with Crippen molar-refractivity contribution >= 4 is 17.5 Å². The van der Waals surface area contributed by atoms with E-state index >= 15 is 0 Å². The quantitative estimate of drug-likeness (QED) is 0.586. The normalized spacial score (nSPS) is 41.9. The van der Waals surface area contributed by atoms with Gasteiger partial charge in [0, 0.05) is 17.8 Å². The molecule has 0 saturated heterocycles. The van der Waals surface area contributed by atoms with Crippen LogP contribution in [0.2, 0.25) is 0 Å². The van der Waals surface area contributed by atoms with Crippen LogP contribution in [0.25, 0.3) is 0 Å². The van der Waals surface area contributed by atoms with E-state index in [1.54, 1.807) is 6.92 Å². The summed E-state index contributed by atoms with van der Waals surface area (Å²) in [6, 6.07) is 0. The lowest BCUT2D eigenvalue weighted by molar-refractivity contribution is -0.151. The molecular formula is C26H38O4. The Morgan fingerprint density at radius 3 is 2.50 bits per heavy atom. The molecule has 0 aromatic carbocycles. The molecule has 0 aromatic heterocycles. The summed E-state index contributed by atoms with van der Waals surface area (Å²) in [5, 5.41) is 0. The van der Waals surface area contributed by atoms with Crippen molar-refractivity contribution < 1.29 is 19.1 Å². The molecule has 4 aliphatic rings. The topological polar surface area (TPSA) is 60.4 Å². The molecule has 3 saturated carbocycles. The Hall–Kier alpha value is -1.45. The zero-order valence-corrected chi connectivity index (χ0v) is 19.4. The van der Waals surface area contributed by atoms with Crippen molar-refractivity contribution in [2.75, 3.05) is 6.61 Å². The van der Waals surface area contributed by atoms with Crippen LogP contribution in [0.15, 0.2) is 11.6 Å². The number of allylic oxidation sites excluding steroid dienone is 1. The van der Waals surface area contributed by atoms with Gasteiger partial charge in [0.2, 0.25) is 0 Å². The third-order valence-corrected chi connectivity index (χ3v) is 9.57. The van der Waals surface area contributed by atoms with Crippen molar-refractivity contribution in [2.24, 2.45) is 39.9 Å². The molecule has 0 bridgehead atoms. The maximum absolute atomic E-state index is 13.0. The maximum atomic E-state index is 13.0. The second-order valence-electron chi connectivity index (χ2n) is 11.6. The molecule has 166 valence electrons. The van der Waals surface area contributed by atoms with Gasteiger partial charge in [-0.05, 0) is 79.6 Å². The number of hydrogen-bond donors (Lipinski definition) is 0. The average molecular weight is 415 g/mol. The predicted octanol–water partition coefficient (Wildman–Crippen LogP) is 5.29. The Labute approximate surface area is 181 Å². The SMILES string of the molecule is CCC(=O)OCC(=O)[C@H]1CC[C@H]2[C@@H]3CCC4=CC(=O)C(C)(C)C[C@]4(C)[C@H]3CC[C@]12C. The van der Waals surface area contributed by atoms with Gasteiger partial charge in [-0.15, -0.1) is 0 Å². The van der Waals surface area contributed by atoms with Gasteiger partial charge >= 0.3 is 5.97 Å². The van der Waals surface area contributed by atoms with Gasteiger partial charge in [-0.3, -0.25) is 14.4 Å². The fourth-order valence-corrected chi connectivity index (χ4v) is 8.05. The van der Waals surface area contributed by atoms with Gasteiger partial charge < -0.3 is 4.74 Å². The largest absolute Gasteiger partial charge is 0.458 e. The van der Waals surface area contributed by atoms with Crippen LogP contribution in [-0.2, 0) is 19.1 Å². The van der Waals surface area contributed by atoms with E-state index in [2.05, 4.69) is 27.7 Å². The summed E-state index contributed by atoms with van der Waals surface area (Å²) >= 11 is 0. The van der Waals surface area contributed by atoms with E-state index in [9.17, 15) is 14.4 Å². The first-order valence-electron chi connectivity index (χ1n) is 12.0. The molecule has 0 aromatic rings. The summed E-state index contributed by atoms with van der Waals surface area (Å²) in [6.45, 7) is 10.6. The molecular weight excluding hydrogens is 376 g/mol. The van der Waals surface area contributed by atoms with E-state index in [-0.39, 0.29) is 40.5 Å². The van der Waals surface area contributed by atoms with Crippen LogP contribution in [0.4, 0.5) is 0 Å². The van der Waals surface area contributed by atoms with Crippen molar-refractivity contribution in [3.8, 4) is 0 Å². The highest BCUT2D eigenvalue weighted by Gasteiger charge is 2.61. The van der Waals surface area contributed by atoms with E-state index in [1.165, 1.54) is 5.57 Å². The summed E-state index contributed by atoms with van der Waals surface area (Å²) in [5.41, 5.74) is 1.24. The Morgan fingerprint density at radius 1 is 1.07 bits per heavy atom. The monoisotopic (exact) mass is 414 g/mol. The van der Waals surface area contributed by atoms with Crippen LogP contribution >= 0.6 is 0 Å². The second-order valence-corrected chi connectivity index (χ2v) is 11.6. The number of Topliss-reactive ketones (excluding diaryl/α,β-unsaturated/α-hetero) is 1. The van der Waals surface area contributed by atoms with Gasteiger partial charge in [0.1, 0.15) is 6.61 Å². The van der Waals surface area contributed by atoms with Crippen LogP contribution in [0, 0.1) is 39.9 Å². The van der Waals surface area contributed by atoms with Gasteiger partial charge in [0.25, 0.3) is 0 Å². The lowest BCUT2D eigenvalue weighted by atomic mass is 9.45. The van der Waals surface area contributed by atoms with E-state index in [1.807, 2.05) is 6.08 Å². The average Bonchev–Trinajstić information content (AvgIpc) is 3.04. The Bertz CT molecular complexity index is 793. The molecule has 30 heavy (non-hydrogen) atoms. The van der Waals surface area contributed by atoms with E-state index in [0.29, 0.717) is 30.0 Å². The molecule has 0 spiro atoms. The number of rotatable bonds is 4. The third-order valence-electron chi connectivity index (χ3n) is 9.57. The van der Waals surface area contributed by atoms with Gasteiger partial charge in [-0.2, -0.15) is 0 Å². The van der Waals surface area contributed by atoms with E-state index in [4.69, 9.17) is 4.74 Å². The highest BCUT2D eigenvalue weighted by molar-refractivity contribution is 5.96. The Kier molecular flexibility index (Phi) is 5.30. The summed E-state index contributed by atoms with van der Waals surface area (Å²) in [7, 11) is 0. The van der Waals surface area contributed by atoms with Gasteiger partial charge in [-0.25, -0.2) is 0 Å². The molecule has 4 aliphatic carbocycles. The maximum Gasteiger partial charge on any atom is 0.305 e. The lowest BCUT2D eigenvalue weighted by Gasteiger charge is -2.59. The summed E-state index contributed by atoms with van der Waals surface area (Å²) < 4.78 is 5.19. The summed E-state index contributed by atoms with van der Waals surface area (Å²) in [5.74, 6) is 1.93. The molecule has 0 N–H and O–H groups in total. The fraction of sp³-hybridized carbons (Fsp3) is 0.808. The zero-order chi connectivity index (χ0) is 21.9. The number of ketones is 2. The molecule has 0 heterocycles. The van der Waals surface area contributed by atoms with Crippen LogP contribution in [-0.4, -0.2) is 24.1 Å². The van der Waals surface area contributed by atoms with Gasteiger partial charge in [0.05, 0.1) is 0 Å². The standard InChI is InChI=1S/C26H38O4/c1-6-23(29)30-14-21(27)20-10-9-18-17-8-7-16-13-22(28)24(2,3)15-26(16,5)19(17)11-12-25(18,20)4/h13,17-20H,6-12,14-15H2,1-5H3/t17-,18-,19-,20+,25-,26-/m0/s1. The molecule has 4 nitrogen and oxygen atoms in total. The highest BCUT2D eigenvalue weighted by Crippen LogP contribution is 2.67. The number of ether oxygens (including phenoxy) is 1.